The Morgan fingerprint density at radius 1 is 1.45 bits per heavy atom. The van der Waals surface area contributed by atoms with Crippen LogP contribution in [0.15, 0.2) is 33.8 Å². The standard InChI is InChI=1S/C14H14BrF3N2O2/c1-2-5-9-8-13(22,14(16,17)18)20(19-9)12(21)10-6-3-4-7-11(10)15/h3-4,6-7,22H,2,5,8H2,1H3. The van der Waals surface area contributed by atoms with E-state index in [4.69, 9.17) is 0 Å². The quantitative estimate of drug-likeness (QED) is 0.871. The maximum atomic E-state index is 13.3. The number of hydrogen-bond acceptors (Lipinski definition) is 3. The molecule has 0 spiro atoms. The van der Waals surface area contributed by atoms with Crippen LogP contribution in [-0.4, -0.2) is 33.6 Å². The zero-order valence-electron chi connectivity index (χ0n) is 11.7. The van der Waals surface area contributed by atoms with Gasteiger partial charge in [0.25, 0.3) is 11.6 Å². The van der Waals surface area contributed by atoms with E-state index in [-0.39, 0.29) is 22.7 Å². The van der Waals surface area contributed by atoms with Crippen LogP contribution in [0.2, 0.25) is 0 Å². The highest BCUT2D eigenvalue weighted by molar-refractivity contribution is 9.10. The van der Waals surface area contributed by atoms with Crippen molar-refractivity contribution in [3.05, 3.63) is 34.3 Å². The summed E-state index contributed by atoms with van der Waals surface area (Å²) in [4.78, 5) is 12.4. The molecule has 1 atom stereocenters. The van der Waals surface area contributed by atoms with Crippen LogP contribution in [0.4, 0.5) is 13.2 Å². The van der Waals surface area contributed by atoms with Crippen molar-refractivity contribution in [3.63, 3.8) is 0 Å². The molecule has 1 amide bonds. The van der Waals surface area contributed by atoms with Crippen molar-refractivity contribution >= 4 is 27.5 Å². The van der Waals surface area contributed by atoms with Gasteiger partial charge in [0, 0.05) is 16.6 Å². The number of benzene rings is 1. The number of rotatable bonds is 3. The molecular weight excluding hydrogens is 365 g/mol. The first-order chi connectivity index (χ1) is 10.2. The molecule has 1 aromatic rings. The fourth-order valence-electron chi connectivity index (χ4n) is 2.23. The normalized spacial score (nSPS) is 21.9. The molecule has 8 heteroatoms. The van der Waals surface area contributed by atoms with E-state index in [1.54, 1.807) is 13.0 Å². The summed E-state index contributed by atoms with van der Waals surface area (Å²) in [6.45, 7) is 1.79. The third-order valence-electron chi connectivity index (χ3n) is 3.33. The van der Waals surface area contributed by atoms with Crippen molar-refractivity contribution in [1.29, 1.82) is 0 Å². The van der Waals surface area contributed by atoms with Crippen molar-refractivity contribution in [2.24, 2.45) is 5.10 Å². The largest absolute Gasteiger partial charge is 0.438 e. The summed E-state index contributed by atoms with van der Waals surface area (Å²) in [5, 5.41) is 13.9. The first-order valence-electron chi connectivity index (χ1n) is 6.65. The number of carbonyl (C=O) groups excluding carboxylic acids is 1. The predicted molar refractivity (Wildman–Crippen MR) is 78.3 cm³/mol. The fourth-order valence-corrected chi connectivity index (χ4v) is 2.68. The maximum absolute atomic E-state index is 13.3. The van der Waals surface area contributed by atoms with E-state index >= 15 is 0 Å². The lowest BCUT2D eigenvalue weighted by molar-refractivity contribution is -0.297. The number of carbonyl (C=O) groups is 1. The second-order valence-corrected chi connectivity index (χ2v) is 5.86. The van der Waals surface area contributed by atoms with E-state index in [1.165, 1.54) is 18.2 Å². The highest BCUT2D eigenvalue weighted by atomic mass is 79.9. The lowest BCUT2D eigenvalue weighted by Gasteiger charge is -2.32. The molecule has 4 nitrogen and oxygen atoms in total. The van der Waals surface area contributed by atoms with E-state index in [9.17, 15) is 23.1 Å². The lowest BCUT2D eigenvalue weighted by Crippen LogP contribution is -2.56. The summed E-state index contributed by atoms with van der Waals surface area (Å²) in [5.41, 5.74) is -3.14. The molecular formula is C14H14BrF3N2O2. The van der Waals surface area contributed by atoms with Crippen LogP contribution >= 0.6 is 15.9 Å². The molecule has 0 fully saturated rings. The molecule has 0 saturated heterocycles. The van der Waals surface area contributed by atoms with E-state index in [0.717, 1.165) is 0 Å². The van der Waals surface area contributed by atoms with Crippen LogP contribution in [0.5, 0.6) is 0 Å². The van der Waals surface area contributed by atoms with Crippen LogP contribution < -0.4 is 0 Å². The molecule has 0 radical (unpaired) electrons. The van der Waals surface area contributed by atoms with Crippen molar-refractivity contribution < 1.29 is 23.1 Å². The van der Waals surface area contributed by atoms with Crippen molar-refractivity contribution in [2.45, 2.75) is 38.1 Å². The van der Waals surface area contributed by atoms with Gasteiger partial charge in [-0.25, -0.2) is 0 Å². The van der Waals surface area contributed by atoms with Crippen molar-refractivity contribution in [2.75, 3.05) is 0 Å². The molecule has 1 aromatic carbocycles. The number of hydrazone groups is 1. The van der Waals surface area contributed by atoms with Crippen molar-refractivity contribution in [1.82, 2.24) is 5.01 Å². The highest BCUT2D eigenvalue weighted by Gasteiger charge is 2.63. The zero-order valence-corrected chi connectivity index (χ0v) is 13.3. The molecule has 1 aliphatic heterocycles. The van der Waals surface area contributed by atoms with Gasteiger partial charge in [-0.2, -0.15) is 23.3 Å². The molecule has 0 aromatic heterocycles. The Morgan fingerprint density at radius 3 is 2.64 bits per heavy atom. The molecule has 120 valence electrons. The number of alkyl halides is 3. The monoisotopic (exact) mass is 378 g/mol. The molecule has 22 heavy (non-hydrogen) atoms. The minimum Gasteiger partial charge on any atom is -0.362 e. The van der Waals surface area contributed by atoms with Gasteiger partial charge in [-0.05, 0) is 34.5 Å². The predicted octanol–water partition coefficient (Wildman–Crippen LogP) is 3.70. The van der Waals surface area contributed by atoms with Gasteiger partial charge >= 0.3 is 6.18 Å². The van der Waals surface area contributed by atoms with Gasteiger partial charge in [0.1, 0.15) is 0 Å². The van der Waals surface area contributed by atoms with Crippen LogP contribution in [0, 0.1) is 0 Å². The minimum atomic E-state index is -5.00. The molecule has 0 bridgehead atoms. The minimum absolute atomic E-state index is 0.00618. The van der Waals surface area contributed by atoms with Gasteiger partial charge < -0.3 is 5.11 Å². The Kier molecular flexibility index (Phi) is 4.62. The van der Waals surface area contributed by atoms with Crippen LogP contribution in [0.25, 0.3) is 0 Å². The van der Waals surface area contributed by atoms with Gasteiger partial charge in [0.15, 0.2) is 0 Å². The number of halogens is 4. The number of amides is 1. The Morgan fingerprint density at radius 2 is 2.09 bits per heavy atom. The van der Waals surface area contributed by atoms with Gasteiger partial charge in [0.05, 0.1) is 5.56 Å². The smallest absolute Gasteiger partial charge is 0.362 e. The van der Waals surface area contributed by atoms with Crippen LogP contribution in [-0.2, 0) is 0 Å². The second kappa shape index (κ2) is 6.00. The van der Waals surface area contributed by atoms with Crippen LogP contribution in [0.3, 0.4) is 0 Å². The van der Waals surface area contributed by atoms with Gasteiger partial charge in [0.2, 0.25) is 0 Å². The van der Waals surface area contributed by atoms with Gasteiger partial charge in [-0.15, -0.1) is 0 Å². The molecule has 1 heterocycles. The summed E-state index contributed by atoms with van der Waals surface area (Å²) >= 11 is 3.12. The molecule has 1 aliphatic rings. The average molecular weight is 379 g/mol. The Hall–Kier alpha value is -1.41. The summed E-state index contributed by atoms with van der Waals surface area (Å²) in [6, 6.07) is 6.06. The first kappa shape index (κ1) is 17.0. The third kappa shape index (κ3) is 2.89. The zero-order chi connectivity index (χ0) is 16.5. The summed E-state index contributed by atoms with van der Waals surface area (Å²) in [5.74, 6) is -1.00. The molecule has 1 unspecified atom stereocenters. The molecule has 0 saturated carbocycles. The lowest BCUT2D eigenvalue weighted by atomic mass is 10.0. The molecule has 1 N–H and O–H groups in total. The number of aliphatic hydroxyl groups is 1. The third-order valence-corrected chi connectivity index (χ3v) is 4.02. The topological polar surface area (TPSA) is 52.9 Å². The number of nitrogens with zero attached hydrogens (tertiary/aromatic N) is 2. The van der Waals surface area contributed by atoms with Gasteiger partial charge in [-0.3, -0.25) is 4.79 Å². The fraction of sp³-hybridized carbons (Fsp3) is 0.429. The first-order valence-corrected chi connectivity index (χ1v) is 7.44. The van der Waals surface area contributed by atoms with Crippen LogP contribution in [0.1, 0.15) is 36.5 Å². The SMILES string of the molecule is CCCC1=NN(C(=O)c2ccccc2Br)C(O)(C(F)(F)F)C1. The van der Waals surface area contributed by atoms with Gasteiger partial charge in [-0.1, -0.05) is 25.5 Å². The Balaban J connectivity index is 2.44. The Bertz CT molecular complexity index is 618. The van der Waals surface area contributed by atoms with Crippen molar-refractivity contribution in [3.8, 4) is 0 Å². The maximum Gasteiger partial charge on any atom is 0.438 e. The number of hydrogen-bond donors (Lipinski definition) is 1. The Labute approximate surface area is 133 Å². The summed E-state index contributed by atoms with van der Waals surface area (Å²) in [7, 11) is 0. The molecule has 2 rings (SSSR count). The van der Waals surface area contributed by atoms with E-state index in [1.807, 2.05) is 0 Å². The highest BCUT2D eigenvalue weighted by Crippen LogP contribution is 2.41. The van der Waals surface area contributed by atoms with E-state index in [2.05, 4.69) is 21.0 Å². The summed E-state index contributed by atoms with van der Waals surface area (Å²) in [6.07, 6.45) is -4.86. The summed E-state index contributed by atoms with van der Waals surface area (Å²) < 4.78 is 40.1. The van der Waals surface area contributed by atoms with E-state index in [0.29, 0.717) is 10.9 Å². The molecule has 0 aliphatic carbocycles. The van der Waals surface area contributed by atoms with E-state index < -0.39 is 24.2 Å². The average Bonchev–Trinajstić information content (AvgIpc) is 2.77. The second-order valence-electron chi connectivity index (χ2n) is 5.00.